The minimum atomic E-state index is -0.105. The molecule has 0 saturated heterocycles. The number of carbonyl (C=O) groups excluding carboxylic acids is 1. The van der Waals surface area contributed by atoms with Crippen LogP contribution in [0.4, 0.5) is 0 Å². The summed E-state index contributed by atoms with van der Waals surface area (Å²) in [5.74, 6) is -0.105. The second-order valence-electron chi connectivity index (χ2n) is 5.70. The van der Waals surface area contributed by atoms with Gasteiger partial charge in [-0.05, 0) is 24.9 Å². The van der Waals surface area contributed by atoms with E-state index >= 15 is 0 Å². The van der Waals surface area contributed by atoms with E-state index in [4.69, 9.17) is 5.73 Å². The third-order valence-electron chi connectivity index (χ3n) is 4.47. The highest BCUT2D eigenvalue weighted by Gasteiger charge is 2.29. The number of carbonyl (C=O) groups is 1. The van der Waals surface area contributed by atoms with Crippen LogP contribution in [-0.2, 0) is 11.8 Å². The number of rotatable bonds is 8. The summed E-state index contributed by atoms with van der Waals surface area (Å²) in [4.78, 5) is 16.7. The number of nitrogens with zero attached hydrogens (tertiary/aromatic N) is 1. The van der Waals surface area contributed by atoms with Gasteiger partial charge in [-0.25, -0.2) is 4.98 Å². The molecule has 0 atom stereocenters. The summed E-state index contributed by atoms with van der Waals surface area (Å²) < 4.78 is 0. The van der Waals surface area contributed by atoms with Gasteiger partial charge in [0, 0.05) is 23.8 Å². The van der Waals surface area contributed by atoms with E-state index in [-0.39, 0.29) is 11.3 Å². The molecule has 2 rings (SSSR count). The van der Waals surface area contributed by atoms with E-state index in [0.717, 1.165) is 24.3 Å². The molecule has 5 heteroatoms. The largest absolute Gasteiger partial charge is 0.350 e. The van der Waals surface area contributed by atoms with Crippen molar-refractivity contribution >= 4 is 17.2 Å². The standard InChI is InChI=1S/C18H25N3OS/c1-3-18(4-2,14-8-6-5-7-9-14)13-20-17(22)15-12-23-16(21-15)10-11-19/h5-9,12H,3-4,10-11,13,19H2,1-2H3,(H,20,22). The summed E-state index contributed by atoms with van der Waals surface area (Å²) in [6, 6.07) is 10.4. The smallest absolute Gasteiger partial charge is 0.270 e. The highest BCUT2D eigenvalue weighted by molar-refractivity contribution is 7.09. The van der Waals surface area contributed by atoms with Crippen LogP contribution in [0.25, 0.3) is 0 Å². The van der Waals surface area contributed by atoms with Gasteiger partial charge in [0.05, 0.1) is 5.01 Å². The molecule has 0 radical (unpaired) electrons. The molecule has 0 fully saturated rings. The lowest BCUT2D eigenvalue weighted by molar-refractivity contribution is 0.0937. The Morgan fingerprint density at radius 3 is 2.57 bits per heavy atom. The fourth-order valence-electron chi connectivity index (χ4n) is 2.80. The van der Waals surface area contributed by atoms with E-state index in [0.29, 0.717) is 18.8 Å². The number of hydrogen-bond donors (Lipinski definition) is 2. The molecule has 4 nitrogen and oxygen atoms in total. The van der Waals surface area contributed by atoms with Crippen molar-refractivity contribution in [1.82, 2.24) is 10.3 Å². The summed E-state index contributed by atoms with van der Waals surface area (Å²) in [6.45, 7) is 5.51. The first-order chi connectivity index (χ1) is 11.1. The fourth-order valence-corrected chi connectivity index (χ4v) is 3.59. The van der Waals surface area contributed by atoms with Crippen molar-refractivity contribution in [2.24, 2.45) is 5.73 Å². The summed E-state index contributed by atoms with van der Waals surface area (Å²) in [5, 5.41) is 5.79. The predicted molar refractivity (Wildman–Crippen MR) is 95.9 cm³/mol. The van der Waals surface area contributed by atoms with Crippen molar-refractivity contribution in [3.63, 3.8) is 0 Å². The van der Waals surface area contributed by atoms with Gasteiger partial charge < -0.3 is 11.1 Å². The molecule has 3 N–H and O–H groups in total. The second-order valence-corrected chi connectivity index (χ2v) is 6.64. The lowest BCUT2D eigenvalue weighted by Gasteiger charge is -2.32. The van der Waals surface area contributed by atoms with Crippen molar-refractivity contribution < 1.29 is 4.79 Å². The van der Waals surface area contributed by atoms with Crippen LogP contribution >= 0.6 is 11.3 Å². The molecule has 0 aliphatic heterocycles. The van der Waals surface area contributed by atoms with Gasteiger partial charge in [-0.3, -0.25) is 4.79 Å². The van der Waals surface area contributed by atoms with Crippen LogP contribution in [-0.4, -0.2) is 24.0 Å². The van der Waals surface area contributed by atoms with Crippen molar-refractivity contribution in [2.45, 2.75) is 38.5 Å². The van der Waals surface area contributed by atoms with E-state index in [1.54, 1.807) is 0 Å². The molecular formula is C18H25N3OS. The summed E-state index contributed by atoms with van der Waals surface area (Å²) in [6.07, 6.45) is 2.67. The van der Waals surface area contributed by atoms with E-state index in [1.165, 1.54) is 16.9 Å². The van der Waals surface area contributed by atoms with Gasteiger partial charge in [0.1, 0.15) is 5.69 Å². The first kappa shape index (κ1) is 17.6. The number of thiazole rings is 1. The molecule has 2 aromatic rings. The molecule has 0 bridgehead atoms. The van der Waals surface area contributed by atoms with Crippen LogP contribution < -0.4 is 11.1 Å². The maximum Gasteiger partial charge on any atom is 0.270 e. The minimum Gasteiger partial charge on any atom is -0.350 e. The quantitative estimate of drug-likeness (QED) is 0.781. The van der Waals surface area contributed by atoms with E-state index in [9.17, 15) is 4.79 Å². The predicted octanol–water partition coefficient (Wildman–Crippen LogP) is 3.13. The van der Waals surface area contributed by atoms with Crippen LogP contribution in [0.3, 0.4) is 0 Å². The number of aromatic nitrogens is 1. The Bertz CT molecular complexity index is 620. The number of nitrogens with one attached hydrogen (secondary N) is 1. The molecule has 1 amide bonds. The molecule has 0 unspecified atom stereocenters. The number of hydrogen-bond acceptors (Lipinski definition) is 4. The normalized spacial score (nSPS) is 11.4. The van der Waals surface area contributed by atoms with Crippen molar-refractivity contribution in [1.29, 1.82) is 0 Å². The van der Waals surface area contributed by atoms with Crippen LogP contribution in [0.1, 0.15) is 47.7 Å². The topological polar surface area (TPSA) is 68.0 Å². The Kier molecular flexibility index (Phi) is 6.30. The Labute approximate surface area is 142 Å². The lowest BCUT2D eigenvalue weighted by Crippen LogP contribution is -2.40. The monoisotopic (exact) mass is 331 g/mol. The SMILES string of the molecule is CCC(CC)(CNC(=O)c1csc(CCN)n1)c1ccccc1. The third-order valence-corrected chi connectivity index (χ3v) is 5.38. The van der Waals surface area contributed by atoms with Gasteiger partial charge in [-0.2, -0.15) is 0 Å². The molecule has 124 valence electrons. The van der Waals surface area contributed by atoms with Crippen molar-refractivity contribution in [2.75, 3.05) is 13.1 Å². The minimum absolute atomic E-state index is 0.0347. The zero-order valence-electron chi connectivity index (χ0n) is 13.8. The summed E-state index contributed by atoms with van der Waals surface area (Å²) in [7, 11) is 0. The van der Waals surface area contributed by atoms with Gasteiger partial charge in [0.2, 0.25) is 0 Å². The molecule has 0 aliphatic carbocycles. The summed E-state index contributed by atoms with van der Waals surface area (Å²) in [5.41, 5.74) is 7.26. The van der Waals surface area contributed by atoms with Crippen LogP contribution in [0.5, 0.6) is 0 Å². The first-order valence-corrected chi connectivity index (χ1v) is 9.01. The van der Waals surface area contributed by atoms with Crippen molar-refractivity contribution in [3.8, 4) is 0 Å². The maximum atomic E-state index is 12.4. The molecule has 1 aromatic carbocycles. The Morgan fingerprint density at radius 2 is 1.96 bits per heavy atom. The maximum absolute atomic E-state index is 12.4. The number of nitrogens with two attached hydrogens (primary N) is 1. The average molecular weight is 331 g/mol. The van der Waals surface area contributed by atoms with E-state index in [1.807, 2.05) is 11.4 Å². The molecular weight excluding hydrogens is 306 g/mol. The van der Waals surface area contributed by atoms with E-state index in [2.05, 4.69) is 48.4 Å². The zero-order chi connectivity index (χ0) is 16.7. The van der Waals surface area contributed by atoms with Gasteiger partial charge in [0.15, 0.2) is 0 Å². The lowest BCUT2D eigenvalue weighted by atomic mass is 9.76. The third kappa shape index (κ3) is 4.18. The van der Waals surface area contributed by atoms with E-state index < -0.39 is 0 Å². The van der Waals surface area contributed by atoms with Crippen LogP contribution in [0, 0.1) is 0 Å². The Balaban J connectivity index is 2.07. The second kappa shape index (κ2) is 8.22. The Morgan fingerprint density at radius 1 is 1.26 bits per heavy atom. The molecule has 1 aromatic heterocycles. The number of benzene rings is 1. The van der Waals surface area contributed by atoms with Gasteiger partial charge in [-0.15, -0.1) is 11.3 Å². The molecule has 0 spiro atoms. The molecule has 0 saturated carbocycles. The molecule has 23 heavy (non-hydrogen) atoms. The van der Waals surface area contributed by atoms with Crippen LogP contribution in [0.15, 0.2) is 35.7 Å². The number of amides is 1. The highest BCUT2D eigenvalue weighted by Crippen LogP contribution is 2.30. The average Bonchev–Trinajstić information content (AvgIpc) is 3.06. The van der Waals surface area contributed by atoms with Gasteiger partial charge in [0.25, 0.3) is 5.91 Å². The summed E-state index contributed by atoms with van der Waals surface area (Å²) >= 11 is 1.49. The highest BCUT2D eigenvalue weighted by atomic mass is 32.1. The molecule has 1 heterocycles. The Hall–Kier alpha value is -1.72. The zero-order valence-corrected chi connectivity index (χ0v) is 14.7. The van der Waals surface area contributed by atoms with Crippen LogP contribution in [0.2, 0.25) is 0 Å². The fraction of sp³-hybridized carbons (Fsp3) is 0.444. The van der Waals surface area contributed by atoms with Crippen molar-refractivity contribution in [3.05, 3.63) is 52.0 Å². The van der Waals surface area contributed by atoms with Gasteiger partial charge in [-0.1, -0.05) is 44.2 Å². The van der Waals surface area contributed by atoms with Gasteiger partial charge >= 0.3 is 0 Å². The first-order valence-electron chi connectivity index (χ1n) is 8.13. The molecule has 0 aliphatic rings.